The Labute approximate surface area is 140 Å². The van der Waals surface area contributed by atoms with Crippen LogP contribution in [0.4, 0.5) is 18.9 Å². The molecule has 0 atom stereocenters. The van der Waals surface area contributed by atoms with E-state index in [-0.39, 0.29) is 16.4 Å². The molecule has 0 amide bonds. The zero-order valence-corrected chi connectivity index (χ0v) is 13.0. The molecule has 0 radical (unpaired) electrons. The minimum Gasteiger partial charge on any atom is -0.362 e. The third kappa shape index (κ3) is 4.74. The number of hydrogen-bond donors (Lipinski definition) is 1. The van der Waals surface area contributed by atoms with Crippen molar-refractivity contribution in [1.29, 1.82) is 0 Å². The molecular formula is C16H10Cl2F3NO. The van der Waals surface area contributed by atoms with Crippen molar-refractivity contribution < 1.29 is 18.0 Å². The van der Waals surface area contributed by atoms with Crippen molar-refractivity contribution in [3.05, 3.63) is 75.9 Å². The summed E-state index contributed by atoms with van der Waals surface area (Å²) in [5.74, 6) is -0.355. The number of carbonyl (C=O) groups is 1. The summed E-state index contributed by atoms with van der Waals surface area (Å²) >= 11 is 11.7. The van der Waals surface area contributed by atoms with Gasteiger partial charge in [-0.15, -0.1) is 0 Å². The van der Waals surface area contributed by atoms with Crippen molar-refractivity contribution in [3.8, 4) is 0 Å². The molecule has 0 aromatic heterocycles. The predicted octanol–water partition coefficient (Wildman–Crippen LogP) is 5.82. The van der Waals surface area contributed by atoms with Crippen molar-refractivity contribution in [2.45, 2.75) is 6.18 Å². The van der Waals surface area contributed by atoms with Gasteiger partial charge in [-0.3, -0.25) is 4.79 Å². The van der Waals surface area contributed by atoms with Gasteiger partial charge in [-0.25, -0.2) is 0 Å². The van der Waals surface area contributed by atoms with Gasteiger partial charge in [-0.1, -0.05) is 23.2 Å². The number of carbonyl (C=O) groups excluding carboxylic acids is 1. The summed E-state index contributed by atoms with van der Waals surface area (Å²) in [5.41, 5.74) is -0.0400. The number of nitrogens with one attached hydrogen (secondary N) is 1. The van der Waals surface area contributed by atoms with Gasteiger partial charge in [0.25, 0.3) is 0 Å². The van der Waals surface area contributed by atoms with Gasteiger partial charge in [0.2, 0.25) is 0 Å². The van der Waals surface area contributed by atoms with Gasteiger partial charge in [-0.2, -0.15) is 13.2 Å². The molecule has 0 aliphatic carbocycles. The summed E-state index contributed by atoms with van der Waals surface area (Å²) in [6.45, 7) is 0. The van der Waals surface area contributed by atoms with E-state index in [1.54, 1.807) is 0 Å². The fraction of sp³-hybridized carbons (Fsp3) is 0.0625. The fourth-order valence-corrected chi connectivity index (χ4v) is 2.25. The zero-order valence-electron chi connectivity index (χ0n) is 11.5. The molecule has 2 rings (SSSR count). The lowest BCUT2D eigenvalue weighted by atomic mass is 10.1. The first kappa shape index (κ1) is 17.4. The summed E-state index contributed by atoms with van der Waals surface area (Å²) in [5, 5.41) is 3.36. The van der Waals surface area contributed by atoms with Crippen LogP contribution in [0.5, 0.6) is 0 Å². The van der Waals surface area contributed by atoms with E-state index in [4.69, 9.17) is 23.2 Å². The third-order valence-electron chi connectivity index (χ3n) is 2.89. The molecule has 2 nitrogen and oxygen atoms in total. The standard InChI is InChI=1S/C16H10Cl2F3NO/c17-11-3-6-13(14(18)9-11)15(23)7-8-22-12-4-1-10(2-5-12)16(19,20)21/h1-9,22H/b8-7-. The Morgan fingerprint density at radius 1 is 1.04 bits per heavy atom. The summed E-state index contributed by atoms with van der Waals surface area (Å²) < 4.78 is 37.3. The number of halogens is 5. The smallest absolute Gasteiger partial charge is 0.362 e. The zero-order chi connectivity index (χ0) is 17.0. The second-order valence-electron chi connectivity index (χ2n) is 4.54. The lowest BCUT2D eigenvalue weighted by Gasteiger charge is -2.07. The molecule has 0 aliphatic rings. The predicted molar refractivity (Wildman–Crippen MR) is 85.0 cm³/mol. The highest BCUT2D eigenvalue weighted by Crippen LogP contribution is 2.29. The lowest BCUT2D eigenvalue weighted by Crippen LogP contribution is -2.04. The van der Waals surface area contributed by atoms with Gasteiger partial charge in [0, 0.05) is 28.5 Å². The summed E-state index contributed by atoms with van der Waals surface area (Å²) in [6, 6.07) is 8.93. The molecule has 1 N–H and O–H groups in total. The van der Waals surface area contributed by atoms with Crippen molar-refractivity contribution >= 4 is 34.7 Å². The maximum Gasteiger partial charge on any atom is 0.416 e. The number of anilines is 1. The molecule has 23 heavy (non-hydrogen) atoms. The first-order chi connectivity index (χ1) is 10.8. The Balaban J connectivity index is 2.02. The minimum atomic E-state index is -4.38. The molecule has 0 fully saturated rings. The van der Waals surface area contributed by atoms with Crippen molar-refractivity contribution in [3.63, 3.8) is 0 Å². The fourth-order valence-electron chi connectivity index (χ4n) is 1.75. The highest BCUT2D eigenvalue weighted by atomic mass is 35.5. The highest BCUT2D eigenvalue weighted by Gasteiger charge is 2.29. The van der Waals surface area contributed by atoms with E-state index in [1.165, 1.54) is 42.6 Å². The number of allylic oxidation sites excluding steroid dienone is 1. The third-order valence-corrected chi connectivity index (χ3v) is 3.44. The Morgan fingerprint density at radius 3 is 2.26 bits per heavy atom. The number of rotatable bonds is 4. The van der Waals surface area contributed by atoms with E-state index >= 15 is 0 Å². The van der Waals surface area contributed by atoms with E-state index in [0.29, 0.717) is 10.7 Å². The molecule has 0 spiro atoms. The van der Waals surface area contributed by atoms with E-state index in [1.807, 2.05) is 0 Å². The van der Waals surface area contributed by atoms with Crippen LogP contribution in [0.25, 0.3) is 0 Å². The van der Waals surface area contributed by atoms with Crippen LogP contribution in [-0.2, 0) is 6.18 Å². The first-order valence-electron chi connectivity index (χ1n) is 6.37. The Hall–Kier alpha value is -1.98. The summed E-state index contributed by atoms with van der Waals surface area (Å²) in [7, 11) is 0. The van der Waals surface area contributed by atoms with Crippen LogP contribution in [-0.4, -0.2) is 5.78 Å². The average molecular weight is 360 g/mol. The normalized spacial score (nSPS) is 11.7. The molecule has 0 unspecified atom stereocenters. The van der Waals surface area contributed by atoms with E-state index in [0.717, 1.165) is 12.1 Å². The van der Waals surface area contributed by atoms with Gasteiger partial charge in [0.05, 0.1) is 10.6 Å². The molecule has 0 heterocycles. The van der Waals surface area contributed by atoms with E-state index < -0.39 is 11.7 Å². The average Bonchev–Trinajstić information content (AvgIpc) is 2.46. The molecule has 0 bridgehead atoms. The monoisotopic (exact) mass is 359 g/mol. The van der Waals surface area contributed by atoms with Gasteiger partial charge in [-0.05, 0) is 42.5 Å². The Bertz CT molecular complexity index is 740. The van der Waals surface area contributed by atoms with E-state index in [2.05, 4.69) is 5.32 Å². The minimum absolute atomic E-state index is 0.224. The van der Waals surface area contributed by atoms with Crippen molar-refractivity contribution in [1.82, 2.24) is 0 Å². The number of benzene rings is 2. The van der Waals surface area contributed by atoms with Crippen LogP contribution >= 0.6 is 23.2 Å². The highest BCUT2D eigenvalue weighted by molar-refractivity contribution is 6.37. The van der Waals surface area contributed by atoms with Crippen molar-refractivity contribution in [2.24, 2.45) is 0 Å². The molecule has 0 saturated heterocycles. The van der Waals surface area contributed by atoms with Crippen LogP contribution < -0.4 is 5.32 Å². The molecule has 2 aromatic carbocycles. The van der Waals surface area contributed by atoms with Crippen LogP contribution in [0.2, 0.25) is 10.0 Å². The molecule has 120 valence electrons. The van der Waals surface area contributed by atoms with Crippen molar-refractivity contribution in [2.75, 3.05) is 5.32 Å². The SMILES string of the molecule is O=C(/C=C\Nc1ccc(C(F)(F)F)cc1)c1ccc(Cl)cc1Cl. The lowest BCUT2D eigenvalue weighted by molar-refractivity contribution is -0.137. The van der Waals surface area contributed by atoms with Crippen LogP contribution in [0.15, 0.2) is 54.7 Å². The maximum absolute atomic E-state index is 12.4. The van der Waals surface area contributed by atoms with Gasteiger partial charge >= 0.3 is 6.18 Å². The molecule has 0 saturated carbocycles. The van der Waals surface area contributed by atoms with E-state index in [9.17, 15) is 18.0 Å². The Morgan fingerprint density at radius 2 is 1.70 bits per heavy atom. The summed E-state index contributed by atoms with van der Waals surface area (Å²) in [6.07, 6.45) is -1.82. The molecule has 7 heteroatoms. The topological polar surface area (TPSA) is 29.1 Å². The van der Waals surface area contributed by atoms with Gasteiger partial charge in [0.1, 0.15) is 0 Å². The first-order valence-corrected chi connectivity index (χ1v) is 7.13. The summed E-state index contributed by atoms with van der Waals surface area (Å²) in [4.78, 5) is 11.9. The van der Waals surface area contributed by atoms with Gasteiger partial charge in [0.15, 0.2) is 5.78 Å². The largest absolute Gasteiger partial charge is 0.416 e. The molecular weight excluding hydrogens is 350 g/mol. The van der Waals surface area contributed by atoms with Crippen LogP contribution in [0, 0.1) is 0 Å². The maximum atomic E-state index is 12.4. The van der Waals surface area contributed by atoms with Gasteiger partial charge < -0.3 is 5.32 Å². The number of hydrogen-bond acceptors (Lipinski definition) is 2. The second-order valence-corrected chi connectivity index (χ2v) is 5.38. The quantitative estimate of drug-likeness (QED) is 0.550. The second kappa shape index (κ2) is 7.06. The molecule has 0 aliphatic heterocycles. The Kier molecular flexibility index (Phi) is 5.34. The van der Waals surface area contributed by atoms with Crippen LogP contribution in [0.3, 0.4) is 0 Å². The number of ketones is 1. The van der Waals surface area contributed by atoms with Crippen LogP contribution in [0.1, 0.15) is 15.9 Å². The number of alkyl halides is 3. The molecule has 2 aromatic rings.